The lowest BCUT2D eigenvalue weighted by Crippen LogP contribution is -2.27. The molecule has 1 rings (SSSR count). The molecule has 0 spiro atoms. The van der Waals surface area contributed by atoms with Crippen molar-refractivity contribution in [1.82, 2.24) is 0 Å². The van der Waals surface area contributed by atoms with Crippen LogP contribution in [0, 0.1) is 18.3 Å². The standard InChI is InChI=1S/C13H19NO2Si/c1-10-6-7-12(15-2)11(8-10)13(9-14)16-17(3,4)5/h6-8,13H,1-5H3. The Balaban J connectivity index is 3.11. The fraction of sp³-hybridized carbons (Fsp3) is 0.462. The van der Waals surface area contributed by atoms with Crippen LogP contribution in [-0.4, -0.2) is 15.4 Å². The minimum absolute atomic E-state index is 0.545. The highest BCUT2D eigenvalue weighted by molar-refractivity contribution is 6.69. The maximum absolute atomic E-state index is 9.25. The van der Waals surface area contributed by atoms with E-state index in [0.717, 1.165) is 11.1 Å². The minimum atomic E-state index is -1.76. The molecule has 1 aromatic carbocycles. The smallest absolute Gasteiger partial charge is 0.186 e. The van der Waals surface area contributed by atoms with Gasteiger partial charge >= 0.3 is 0 Å². The summed E-state index contributed by atoms with van der Waals surface area (Å²) in [5.74, 6) is 0.709. The molecule has 1 atom stereocenters. The average Bonchev–Trinajstić information content (AvgIpc) is 2.24. The Morgan fingerprint density at radius 3 is 2.41 bits per heavy atom. The Morgan fingerprint density at radius 2 is 1.94 bits per heavy atom. The average molecular weight is 249 g/mol. The van der Waals surface area contributed by atoms with Gasteiger partial charge in [0, 0.05) is 5.56 Å². The number of ether oxygens (including phenoxy) is 1. The topological polar surface area (TPSA) is 42.2 Å². The summed E-state index contributed by atoms with van der Waals surface area (Å²) in [7, 11) is -0.147. The first-order valence-electron chi connectivity index (χ1n) is 5.59. The Hall–Kier alpha value is -1.31. The van der Waals surface area contributed by atoms with Crippen LogP contribution in [0.15, 0.2) is 18.2 Å². The summed E-state index contributed by atoms with van der Waals surface area (Å²) in [6.07, 6.45) is -0.545. The fourth-order valence-corrected chi connectivity index (χ4v) is 2.46. The van der Waals surface area contributed by atoms with Crippen LogP contribution in [-0.2, 0) is 4.43 Å². The highest BCUT2D eigenvalue weighted by Crippen LogP contribution is 2.30. The molecule has 0 N–H and O–H groups in total. The maximum Gasteiger partial charge on any atom is 0.186 e. The third kappa shape index (κ3) is 3.88. The lowest BCUT2D eigenvalue weighted by molar-refractivity contribution is 0.248. The molecule has 0 radical (unpaired) electrons. The van der Waals surface area contributed by atoms with Crippen LogP contribution in [0.5, 0.6) is 5.75 Å². The summed E-state index contributed by atoms with van der Waals surface area (Å²) < 4.78 is 11.2. The number of rotatable bonds is 4. The van der Waals surface area contributed by atoms with Crippen molar-refractivity contribution in [2.45, 2.75) is 32.7 Å². The van der Waals surface area contributed by atoms with Gasteiger partial charge in [-0.05, 0) is 38.7 Å². The molecule has 0 fully saturated rings. The molecule has 0 aliphatic rings. The first-order chi connectivity index (χ1) is 7.87. The van der Waals surface area contributed by atoms with Crippen LogP contribution in [0.1, 0.15) is 17.2 Å². The molecular weight excluding hydrogens is 230 g/mol. The molecule has 17 heavy (non-hydrogen) atoms. The quantitative estimate of drug-likeness (QED) is 0.768. The Labute approximate surface area is 104 Å². The molecule has 0 saturated heterocycles. The second kappa shape index (κ2) is 5.35. The van der Waals surface area contributed by atoms with Gasteiger partial charge in [-0.25, -0.2) is 0 Å². The maximum atomic E-state index is 9.25. The van der Waals surface area contributed by atoms with Crippen molar-refractivity contribution in [3.8, 4) is 11.8 Å². The van der Waals surface area contributed by atoms with E-state index >= 15 is 0 Å². The van der Waals surface area contributed by atoms with Crippen molar-refractivity contribution < 1.29 is 9.16 Å². The van der Waals surface area contributed by atoms with E-state index < -0.39 is 14.4 Å². The van der Waals surface area contributed by atoms with Crippen LogP contribution in [0.4, 0.5) is 0 Å². The summed E-state index contributed by atoms with van der Waals surface area (Å²) in [6.45, 7) is 8.20. The number of benzene rings is 1. The van der Waals surface area contributed by atoms with E-state index in [0.29, 0.717) is 5.75 Å². The fourth-order valence-electron chi connectivity index (χ4n) is 1.57. The second-order valence-electron chi connectivity index (χ2n) is 4.98. The van der Waals surface area contributed by atoms with Gasteiger partial charge < -0.3 is 9.16 Å². The van der Waals surface area contributed by atoms with Crippen molar-refractivity contribution in [3.05, 3.63) is 29.3 Å². The second-order valence-corrected chi connectivity index (χ2v) is 9.45. The van der Waals surface area contributed by atoms with Crippen LogP contribution < -0.4 is 4.74 Å². The van der Waals surface area contributed by atoms with Gasteiger partial charge in [0.2, 0.25) is 0 Å². The molecule has 0 aromatic heterocycles. The van der Waals surface area contributed by atoms with Gasteiger partial charge in [0.25, 0.3) is 0 Å². The van der Waals surface area contributed by atoms with Gasteiger partial charge in [0.1, 0.15) is 5.75 Å². The number of nitrogens with zero attached hydrogens (tertiary/aromatic N) is 1. The highest BCUT2D eigenvalue weighted by atomic mass is 28.4. The molecule has 0 saturated carbocycles. The molecule has 92 valence electrons. The van der Waals surface area contributed by atoms with Crippen LogP contribution >= 0.6 is 0 Å². The van der Waals surface area contributed by atoms with E-state index in [1.807, 2.05) is 25.1 Å². The molecule has 1 unspecified atom stereocenters. The molecule has 0 heterocycles. The third-order valence-electron chi connectivity index (χ3n) is 2.26. The summed E-state index contributed by atoms with van der Waals surface area (Å²) in [5, 5.41) is 9.25. The molecule has 3 nitrogen and oxygen atoms in total. The zero-order valence-electron chi connectivity index (χ0n) is 11.1. The van der Waals surface area contributed by atoms with E-state index in [1.54, 1.807) is 7.11 Å². The monoisotopic (exact) mass is 249 g/mol. The normalized spacial score (nSPS) is 12.9. The first kappa shape index (κ1) is 13.8. The first-order valence-corrected chi connectivity index (χ1v) is 9.00. The van der Waals surface area contributed by atoms with E-state index in [1.165, 1.54) is 0 Å². The Morgan fingerprint density at radius 1 is 1.29 bits per heavy atom. The van der Waals surface area contributed by atoms with E-state index in [-0.39, 0.29) is 0 Å². The van der Waals surface area contributed by atoms with Crippen molar-refractivity contribution in [2.75, 3.05) is 7.11 Å². The number of hydrogen-bond acceptors (Lipinski definition) is 3. The number of hydrogen-bond donors (Lipinski definition) is 0. The van der Waals surface area contributed by atoms with E-state index in [9.17, 15) is 5.26 Å². The van der Waals surface area contributed by atoms with E-state index in [2.05, 4.69) is 25.7 Å². The van der Waals surface area contributed by atoms with Crippen LogP contribution in [0.25, 0.3) is 0 Å². The Kier molecular flexibility index (Phi) is 4.32. The van der Waals surface area contributed by atoms with Crippen molar-refractivity contribution in [2.24, 2.45) is 0 Å². The van der Waals surface area contributed by atoms with Crippen molar-refractivity contribution >= 4 is 8.32 Å². The summed E-state index contributed by atoms with van der Waals surface area (Å²) in [6, 6.07) is 8.00. The minimum Gasteiger partial charge on any atom is -0.496 e. The SMILES string of the molecule is COc1ccc(C)cc1C(C#N)O[Si](C)(C)C. The predicted molar refractivity (Wildman–Crippen MR) is 70.5 cm³/mol. The molecular formula is C13H19NO2Si. The summed E-state index contributed by atoms with van der Waals surface area (Å²) in [5.41, 5.74) is 1.91. The van der Waals surface area contributed by atoms with Gasteiger partial charge in [-0.1, -0.05) is 11.6 Å². The number of methoxy groups -OCH3 is 1. The molecule has 0 bridgehead atoms. The van der Waals surface area contributed by atoms with Gasteiger partial charge in [-0.15, -0.1) is 0 Å². The Bertz CT molecular complexity index is 432. The van der Waals surface area contributed by atoms with Crippen LogP contribution in [0.2, 0.25) is 19.6 Å². The van der Waals surface area contributed by atoms with Gasteiger partial charge in [-0.2, -0.15) is 5.26 Å². The zero-order chi connectivity index (χ0) is 13.1. The van der Waals surface area contributed by atoms with Gasteiger partial charge in [0.15, 0.2) is 14.4 Å². The zero-order valence-corrected chi connectivity index (χ0v) is 12.1. The lowest BCUT2D eigenvalue weighted by atomic mass is 10.1. The molecule has 4 heteroatoms. The molecule has 0 aliphatic heterocycles. The van der Waals surface area contributed by atoms with Crippen molar-refractivity contribution in [3.63, 3.8) is 0 Å². The molecule has 0 aliphatic carbocycles. The van der Waals surface area contributed by atoms with Gasteiger partial charge in [-0.3, -0.25) is 0 Å². The summed E-state index contributed by atoms with van der Waals surface area (Å²) >= 11 is 0. The highest BCUT2D eigenvalue weighted by Gasteiger charge is 2.24. The van der Waals surface area contributed by atoms with E-state index in [4.69, 9.17) is 9.16 Å². The third-order valence-corrected chi connectivity index (χ3v) is 3.20. The lowest BCUT2D eigenvalue weighted by Gasteiger charge is -2.23. The molecule has 0 amide bonds. The number of nitriles is 1. The molecule has 1 aromatic rings. The van der Waals surface area contributed by atoms with Gasteiger partial charge in [0.05, 0.1) is 13.2 Å². The van der Waals surface area contributed by atoms with Crippen molar-refractivity contribution in [1.29, 1.82) is 5.26 Å². The van der Waals surface area contributed by atoms with Crippen LogP contribution in [0.3, 0.4) is 0 Å². The largest absolute Gasteiger partial charge is 0.496 e. The number of aryl methyl sites for hydroxylation is 1. The summed E-state index contributed by atoms with van der Waals surface area (Å²) in [4.78, 5) is 0. The predicted octanol–water partition coefficient (Wildman–Crippen LogP) is 3.42.